The second kappa shape index (κ2) is 37.6. The van der Waals surface area contributed by atoms with Gasteiger partial charge in [0.25, 0.3) is 0 Å². The number of nitrogens with one attached hydrogen (secondary N) is 1. The van der Waals surface area contributed by atoms with E-state index < -0.39 is 99.0 Å². The van der Waals surface area contributed by atoms with Crippen LogP contribution in [0.25, 0.3) is 0 Å². The summed E-state index contributed by atoms with van der Waals surface area (Å²) in [4.78, 5) is 33.3. The quantitative estimate of drug-likeness (QED) is 0.0385. The summed E-state index contributed by atoms with van der Waals surface area (Å²) >= 11 is 0. The van der Waals surface area contributed by atoms with Crippen LogP contribution in [0.4, 0.5) is 61.7 Å². The Kier molecular flexibility index (Phi) is 32.6. The molecule has 0 spiro atoms. The normalized spacial score (nSPS) is 10.9. The van der Waals surface area contributed by atoms with Gasteiger partial charge in [-0.15, -0.1) is 48.1 Å². The van der Waals surface area contributed by atoms with E-state index in [1.54, 1.807) is 48.5 Å². The van der Waals surface area contributed by atoms with Crippen LogP contribution in [-0.2, 0) is 83.8 Å². The van der Waals surface area contributed by atoms with Crippen LogP contribution >= 0.6 is 0 Å². The Hall–Kier alpha value is -9.68. The van der Waals surface area contributed by atoms with Crippen molar-refractivity contribution in [3.63, 3.8) is 0 Å². The average molecular weight is 1330 g/mol. The smallest absolute Gasteiger partial charge is 0.399 e. The molecule has 6 aromatic carbocycles. The lowest BCUT2D eigenvalue weighted by atomic mass is 10.1. The Morgan fingerprint density at radius 3 is 1.14 bits per heavy atom. The molecule has 0 aliphatic heterocycles. The van der Waals surface area contributed by atoms with Crippen LogP contribution < -0.4 is 39.7 Å². The molecule has 0 radical (unpaired) electrons. The van der Waals surface area contributed by atoms with Crippen molar-refractivity contribution in [3.05, 3.63) is 139 Å². The fourth-order valence-corrected chi connectivity index (χ4v) is 9.25. The standard InChI is InChI=1S/2C16H18N4O4S.C15H17N5O4S.3O3S/c17-12-1-6-15(11(9-12)10-16(18)22)20-19-13-2-4-14(5-3-13)25(23,24)8-7-21;17-14-3-1-2-11(10-15(18)22)16(14)20-19-12-4-6-13(7-5-12)25(23,24)9-8-21;16-13-9-11(18-15(17)22)3-6-14(13)20-19-10-1-4-12(5-2-10)25(23,24)8-7-21;3*1-4(2)3/h1-6,9,21H,7-8,10,17H2,(H2,18,22);1-7,21H,8-10,17H2,(H2,18,22);1-6,9,21H,7-8,16H2,(H3,17,18,22);;;. The van der Waals surface area contributed by atoms with E-state index in [0.29, 0.717) is 62.3 Å². The van der Waals surface area contributed by atoms with E-state index in [1.807, 2.05) is 0 Å². The highest BCUT2D eigenvalue weighted by atomic mass is 32.2. The molecule has 87 heavy (non-hydrogen) atoms. The number of azo groups is 3. The number of hydrogen-bond acceptors (Lipinski definition) is 30. The average Bonchev–Trinajstić information content (AvgIpc) is 1.93. The number of aliphatic hydroxyl groups is 3. The summed E-state index contributed by atoms with van der Waals surface area (Å²) < 4.78 is 147. The minimum absolute atomic E-state index is 0.0161. The molecule has 0 fully saturated rings. The number of aliphatic hydroxyl groups excluding tert-OH is 3. The molecular weight excluding hydrogens is 1270 g/mol. The van der Waals surface area contributed by atoms with Crippen molar-refractivity contribution < 1.29 is 92.8 Å². The minimum Gasteiger partial charge on any atom is -0.399 e. The zero-order chi connectivity index (χ0) is 66.1. The molecule has 4 amide bonds. The summed E-state index contributed by atoms with van der Waals surface area (Å²) in [6.07, 6.45) is -0.0323. The predicted octanol–water partition coefficient (Wildman–Crippen LogP) is 1.88. The number of rotatable bonds is 20. The topological polar surface area (TPSA) is 610 Å². The predicted molar refractivity (Wildman–Crippen MR) is 310 cm³/mol. The molecule has 0 aliphatic rings. The van der Waals surface area contributed by atoms with Crippen molar-refractivity contribution in [1.82, 2.24) is 0 Å². The number of nitrogens with two attached hydrogens (primary N) is 6. The number of anilines is 4. The molecule has 34 nitrogen and oxygen atoms in total. The van der Waals surface area contributed by atoms with Crippen LogP contribution in [0.1, 0.15) is 11.1 Å². The first-order chi connectivity index (χ1) is 40.7. The number of nitrogens with zero attached hydrogens (tertiary/aromatic N) is 6. The highest BCUT2D eigenvalue weighted by molar-refractivity contribution is 7.92. The van der Waals surface area contributed by atoms with Crippen LogP contribution in [0.15, 0.2) is 173 Å². The number of carbonyl (C=O) groups excluding carboxylic acids is 3. The Labute approximate surface area is 499 Å². The largest absolute Gasteiger partial charge is 0.425 e. The van der Waals surface area contributed by atoms with Crippen molar-refractivity contribution in [2.75, 3.05) is 59.6 Å². The first-order valence-electron chi connectivity index (χ1n) is 23.3. The number of primary amides is 3. The lowest BCUT2D eigenvalue weighted by Gasteiger charge is -2.06. The first kappa shape index (κ1) is 75.3. The Balaban J connectivity index is 0.000000594. The lowest BCUT2D eigenvalue weighted by molar-refractivity contribution is -0.118. The van der Waals surface area contributed by atoms with E-state index in [0.717, 1.165) is 0 Å². The molecule has 0 aromatic heterocycles. The summed E-state index contributed by atoms with van der Waals surface area (Å²) in [6, 6.07) is 31.1. The number of carbonyl (C=O) groups is 3. The van der Waals surface area contributed by atoms with Gasteiger partial charge < -0.3 is 55.0 Å². The Bertz CT molecular complexity index is 4050. The molecule has 0 atom stereocenters. The third kappa shape index (κ3) is 30.6. The Morgan fingerprint density at radius 2 is 0.782 bits per heavy atom. The van der Waals surface area contributed by atoms with E-state index in [2.05, 4.69) is 36.0 Å². The number of sulfone groups is 3. The van der Waals surface area contributed by atoms with Gasteiger partial charge >= 0.3 is 37.9 Å². The molecule has 0 heterocycles. The highest BCUT2D eigenvalue weighted by Gasteiger charge is 2.16. The van der Waals surface area contributed by atoms with Gasteiger partial charge in [0.2, 0.25) is 11.8 Å². The second-order valence-corrected chi connectivity index (χ2v) is 23.7. The number of benzene rings is 6. The maximum absolute atomic E-state index is 11.8. The van der Waals surface area contributed by atoms with Gasteiger partial charge in [-0.3, -0.25) is 9.59 Å². The van der Waals surface area contributed by atoms with Gasteiger partial charge in [0.1, 0.15) is 11.4 Å². The van der Waals surface area contributed by atoms with Crippen LogP contribution in [0, 0.1) is 0 Å². The number of hydrogen-bond donors (Lipinski definition) is 10. The zero-order valence-corrected chi connectivity index (χ0v) is 49.5. The van der Waals surface area contributed by atoms with E-state index >= 15 is 0 Å². The van der Waals surface area contributed by atoms with E-state index in [1.165, 1.54) is 78.9 Å². The van der Waals surface area contributed by atoms with Gasteiger partial charge in [-0.25, -0.2) is 30.0 Å². The molecule has 6 aromatic rings. The van der Waals surface area contributed by atoms with Gasteiger partial charge in [-0.2, -0.15) is 20.5 Å². The third-order valence-corrected chi connectivity index (χ3v) is 14.9. The van der Waals surface area contributed by atoms with E-state index in [-0.39, 0.29) is 50.5 Å². The first-order valence-corrected chi connectivity index (χ1v) is 31.3. The molecular formula is C47H53N13O21S6. The SMILES string of the molecule is NC(=O)Cc1cc(N)ccc1N=Nc1ccc(S(=O)(=O)CCO)cc1.NC(=O)Cc1cccc(N)c1N=Nc1ccc(S(=O)(=O)CCO)cc1.NC(=O)Nc1ccc(N=Nc2ccc(S(=O)(=O)CCO)cc2)c(N)c1.O=S(=O)=O.O=S(=O)=O.O=S(=O)=O. The number of nitrogen functional groups attached to an aromatic ring is 3. The summed E-state index contributed by atoms with van der Waals surface area (Å²) in [6.45, 7) is -1.33. The second-order valence-electron chi connectivity index (χ2n) is 16.1. The van der Waals surface area contributed by atoms with Crippen molar-refractivity contribution in [2.24, 2.45) is 47.9 Å². The van der Waals surface area contributed by atoms with E-state index in [9.17, 15) is 39.6 Å². The molecule has 6 rings (SSSR count). The van der Waals surface area contributed by atoms with Crippen LogP contribution in [0.5, 0.6) is 0 Å². The molecule has 0 unspecified atom stereocenters. The van der Waals surface area contributed by atoms with Crippen LogP contribution in [0.3, 0.4) is 0 Å². The Morgan fingerprint density at radius 1 is 0.425 bits per heavy atom. The van der Waals surface area contributed by atoms with Gasteiger partial charge in [-0.05, 0) is 126 Å². The molecule has 0 saturated carbocycles. The van der Waals surface area contributed by atoms with Crippen LogP contribution in [0.2, 0.25) is 0 Å². The molecule has 468 valence electrons. The highest BCUT2D eigenvalue weighted by Crippen LogP contribution is 2.31. The summed E-state index contributed by atoms with van der Waals surface area (Å²) in [5.74, 6) is -2.04. The molecule has 0 bridgehead atoms. The summed E-state index contributed by atoms with van der Waals surface area (Å²) in [5, 5.41) is 52.9. The van der Waals surface area contributed by atoms with Gasteiger partial charge in [0, 0.05) is 11.4 Å². The molecule has 40 heteroatoms. The van der Waals surface area contributed by atoms with Gasteiger partial charge in [0.05, 0.1) is 98.7 Å². The summed E-state index contributed by atoms with van der Waals surface area (Å²) in [5.41, 5.74) is 37.9. The maximum Gasteiger partial charge on any atom is 0.425 e. The summed E-state index contributed by atoms with van der Waals surface area (Å²) in [7, 11) is -19.9. The molecule has 0 saturated heterocycles. The molecule has 16 N–H and O–H groups in total. The van der Waals surface area contributed by atoms with Gasteiger partial charge in [0.15, 0.2) is 29.5 Å². The van der Waals surface area contributed by atoms with Crippen molar-refractivity contribution >= 4 is 136 Å². The van der Waals surface area contributed by atoms with Crippen LogP contribution in [-0.4, -0.2) is 133 Å². The zero-order valence-electron chi connectivity index (χ0n) is 44.6. The number of amides is 4. The maximum atomic E-state index is 11.8. The third-order valence-electron chi connectivity index (χ3n) is 9.76. The molecule has 0 aliphatic carbocycles. The van der Waals surface area contributed by atoms with E-state index in [4.69, 9.17) is 87.6 Å². The fraction of sp³-hybridized carbons (Fsp3) is 0.170. The fourth-order valence-electron chi connectivity index (χ4n) is 6.17. The monoisotopic (exact) mass is 1330 g/mol. The van der Waals surface area contributed by atoms with Crippen molar-refractivity contribution in [3.8, 4) is 0 Å². The van der Waals surface area contributed by atoms with Gasteiger partial charge in [-0.1, -0.05) is 12.1 Å². The lowest BCUT2D eigenvalue weighted by Crippen LogP contribution is -2.19. The van der Waals surface area contributed by atoms with Crippen molar-refractivity contribution in [1.29, 1.82) is 0 Å². The minimum atomic E-state index is -3.51. The number of urea groups is 1. The van der Waals surface area contributed by atoms with Crippen molar-refractivity contribution in [2.45, 2.75) is 27.5 Å².